The third-order valence-corrected chi connectivity index (χ3v) is 4.81. The molecule has 0 unspecified atom stereocenters. The third kappa shape index (κ3) is 2.84. The molecule has 2 N–H and O–H groups in total. The Hall–Kier alpha value is -3.82. The normalized spacial score (nSPS) is 14.6. The number of benzene rings is 1. The molecule has 0 saturated carbocycles. The van der Waals surface area contributed by atoms with Crippen LogP contribution < -0.4 is 15.5 Å². The number of hydrogen-bond acceptors (Lipinski definition) is 9. The number of para-hydroxylation sites is 1. The van der Waals surface area contributed by atoms with Crippen LogP contribution in [0.5, 0.6) is 0 Å². The molecule has 0 spiro atoms. The lowest BCUT2D eigenvalue weighted by Gasteiger charge is -2.35. The van der Waals surface area contributed by atoms with Gasteiger partial charge in [-0.05, 0) is 34.7 Å². The van der Waals surface area contributed by atoms with Gasteiger partial charge in [0.25, 0.3) is 0 Å². The number of piperazine rings is 1. The Balaban J connectivity index is 1.38. The summed E-state index contributed by atoms with van der Waals surface area (Å²) in [5, 5.41) is 13.2. The Kier molecular flexibility index (Phi) is 3.93. The molecule has 4 heterocycles. The van der Waals surface area contributed by atoms with Crippen molar-refractivity contribution >= 4 is 28.6 Å². The van der Waals surface area contributed by atoms with Crippen LogP contribution in [0, 0.1) is 0 Å². The molecule has 0 amide bonds. The zero-order chi connectivity index (χ0) is 18.9. The molecular weight excluding hydrogens is 356 g/mol. The monoisotopic (exact) mass is 374 g/mol. The first-order valence-corrected chi connectivity index (χ1v) is 9.00. The first kappa shape index (κ1) is 16.4. The van der Waals surface area contributed by atoms with Crippen LogP contribution in [0.15, 0.2) is 48.8 Å². The van der Waals surface area contributed by atoms with Crippen molar-refractivity contribution < 1.29 is 0 Å². The van der Waals surface area contributed by atoms with Gasteiger partial charge in [-0.15, -0.1) is 0 Å². The van der Waals surface area contributed by atoms with E-state index in [2.05, 4.69) is 40.3 Å². The van der Waals surface area contributed by atoms with Crippen molar-refractivity contribution in [1.82, 2.24) is 35.2 Å². The minimum Gasteiger partial charge on any atom is -0.384 e. The Labute approximate surface area is 160 Å². The predicted octanol–water partition coefficient (Wildman–Crippen LogP) is 0.909. The quantitative estimate of drug-likeness (QED) is 0.558. The molecule has 28 heavy (non-hydrogen) atoms. The molecule has 1 saturated heterocycles. The van der Waals surface area contributed by atoms with Crippen LogP contribution in [0.3, 0.4) is 0 Å². The zero-order valence-corrected chi connectivity index (χ0v) is 15.0. The second-order valence-electron chi connectivity index (χ2n) is 6.50. The van der Waals surface area contributed by atoms with Gasteiger partial charge in [0, 0.05) is 26.2 Å². The highest BCUT2D eigenvalue weighted by Crippen LogP contribution is 2.25. The van der Waals surface area contributed by atoms with E-state index in [1.165, 1.54) is 6.33 Å². The first-order chi connectivity index (χ1) is 13.8. The molecule has 10 nitrogen and oxygen atoms in total. The van der Waals surface area contributed by atoms with Gasteiger partial charge in [-0.25, -0.2) is 15.0 Å². The number of aromatic nitrogens is 7. The summed E-state index contributed by atoms with van der Waals surface area (Å²) in [5.41, 5.74) is 7.33. The average Bonchev–Trinajstić information content (AvgIpc) is 3.24. The van der Waals surface area contributed by atoms with Crippen molar-refractivity contribution in [3.63, 3.8) is 0 Å². The van der Waals surface area contributed by atoms with E-state index >= 15 is 0 Å². The average molecular weight is 374 g/mol. The van der Waals surface area contributed by atoms with Gasteiger partial charge in [-0.1, -0.05) is 23.3 Å². The van der Waals surface area contributed by atoms with E-state index in [1.807, 2.05) is 36.4 Å². The molecule has 1 aliphatic rings. The SMILES string of the molecule is Nc1ccc2c(N3CCN(c4nnnn4-c4ccccc4)CC3)ncnc2n1. The molecule has 10 heteroatoms. The van der Waals surface area contributed by atoms with Gasteiger partial charge >= 0.3 is 0 Å². The summed E-state index contributed by atoms with van der Waals surface area (Å²) >= 11 is 0. The number of rotatable bonds is 3. The number of anilines is 3. The molecular formula is C18H18N10. The standard InChI is InChI=1S/C18H18N10/c19-15-7-6-14-16(22-15)20-12-21-17(14)26-8-10-27(11-9-26)18-23-24-25-28(18)13-4-2-1-3-5-13/h1-7,12H,8-11H2,(H2,19,20,21,22). The topological polar surface area (TPSA) is 115 Å². The first-order valence-electron chi connectivity index (χ1n) is 9.00. The number of nitrogens with two attached hydrogens (primary N) is 1. The van der Waals surface area contributed by atoms with Crippen LogP contribution in [0.1, 0.15) is 0 Å². The second-order valence-corrected chi connectivity index (χ2v) is 6.50. The zero-order valence-electron chi connectivity index (χ0n) is 15.0. The molecule has 0 bridgehead atoms. The highest BCUT2D eigenvalue weighted by Gasteiger charge is 2.24. The van der Waals surface area contributed by atoms with Gasteiger partial charge in [0.15, 0.2) is 5.65 Å². The molecule has 3 aromatic heterocycles. The fourth-order valence-electron chi connectivity index (χ4n) is 3.43. The maximum absolute atomic E-state index is 5.77. The van der Waals surface area contributed by atoms with Crippen molar-refractivity contribution in [1.29, 1.82) is 0 Å². The van der Waals surface area contributed by atoms with Crippen molar-refractivity contribution in [2.45, 2.75) is 0 Å². The molecule has 0 aliphatic carbocycles. The lowest BCUT2D eigenvalue weighted by molar-refractivity contribution is 0.627. The van der Waals surface area contributed by atoms with Gasteiger partial charge in [0.2, 0.25) is 5.95 Å². The molecule has 1 aromatic carbocycles. The van der Waals surface area contributed by atoms with Crippen molar-refractivity contribution in [3.05, 3.63) is 48.8 Å². The Morgan fingerprint density at radius 3 is 2.46 bits per heavy atom. The molecule has 5 rings (SSSR count). The van der Waals surface area contributed by atoms with Crippen LogP contribution in [0.2, 0.25) is 0 Å². The fourth-order valence-corrected chi connectivity index (χ4v) is 3.43. The molecule has 140 valence electrons. The summed E-state index contributed by atoms with van der Waals surface area (Å²) in [6, 6.07) is 13.6. The van der Waals surface area contributed by atoms with Crippen molar-refractivity contribution in [2.75, 3.05) is 41.7 Å². The number of tetrazole rings is 1. The summed E-state index contributed by atoms with van der Waals surface area (Å²) < 4.78 is 1.77. The minimum atomic E-state index is 0.453. The lowest BCUT2D eigenvalue weighted by atomic mass is 10.2. The number of nitrogen functional groups attached to an aromatic ring is 1. The highest BCUT2D eigenvalue weighted by atomic mass is 15.6. The van der Waals surface area contributed by atoms with E-state index in [0.29, 0.717) is 11.5 Å². The van der Waals surface area contributed by atoms with Crippen LogP contribution >= 0.6 is 0 Å². The van der Waals surface area contributed by atoms with Crippen LogP contribution in [0.4, 0.5) is 17.6 Å². The summed E-state index contributed by atoms with van der Waals surface area (Å²) in [4.78, 5) is 17.4. The maximum atomic E-state index is 5.77. The molecule has 0 atom stereocenters. The Morgan fingerprint density at radius 1 is 0.857 bits per heavy atom. The predicted molar refractivity (Wildman–Crippen MR) is 105 cm³/mol. The van der Waals surface area contributed by atoms with E-state index in [9.17, 15) is 0 Å². The third-order valence-electron chi connectivity index (χ3n) is 4.81. The molecule has 1 fully saturated rings. The molecule has 1 aliphatic heterocycles. The van der Waals surface area contributed by atoms with E-state index in [4.69, 9.17) is 5.73 Å². The van der Waals surface area contributed by atoms with Gasteiger partial charge in [-0.3, -0.25) is 0 Å². The second kappa shape index (κ2) is 6.72. The van der Waals surface area contributed by atoms with Gasteiger partial charge in [0.05, 0.1) is 11.1 Å². The molecule has 0 radical (unpaired) electrons. The van der Waals surface area contributed by atoms with Crippen LogP contribution in [-0.4, -0.2) is 61.3 Å². The summed E-state index contributed by atoms with van der Waals surface area (Å²) in [5.74, 6) is 2.07. The van der Waals surface area contributed by atoms with Gasteiger partial charge in [-0.2, -0.15) is 4.68 Å². The minimum absolute atomic E-state index is 0.453. The van der Waals surface area contributed by atoms with Gasteiger partial charge < -0.3 is 15.5 Å². The number of hydrogen-bond donors (Lipinski definition) is 1. The smallest absolute Gasteiger partial charge is 0.250 e. The number of nitrogens with zero attached hydrogens (tertiary/aromatic N) is 9. The van der Waals surface area contributed by atoms with Crippen LogP contribution in [0.25, 0.3) is 16.7 Å². The largest absolute Gasteiger partial charge is 0.384 e. The summed E-state index contributed by atoms with van der Waals surface area (Å²) in [7, 11) is 0. The Bertz CT molecular complexity index is 1100. The summed E-state index contributed by atoms with van der Waals surface area (Å²) in [6.45, 7) is 3.14. The fraction of sp³-hybridized carbons (Fsp3) is 0.222. The van der Waals surface area contributed by atoms with E-state index in [1.54, 1.807) is 10.7 Å². The maximum Gasteiger partial charge on any atom is 0.250 e. The lowest BCUT2D eigenvalue weighted by Crippen LogP contribution is -2.47. The van der Waals surface area contributed by atoms with E-state index in [0.717, 1.165) is 49.0 Å². The summed E-state index contributed by atoms with van der Waals surface area (Å²) in [6.07, 6.45) is 1.53. The number of fused-ring (bicyclic) bond motifs is 1. The highest BCUT2D eigenvalue weighted by molar-refractivity contribution is 5.87. The Morgan fingerprint density at radius 2 is 1.64 bits per heavy atom. The van der Waals surface area contributed by atoms with Crippen molar-refractivity contribution in [3.8, 4) is 5.69 Å². The van der Waals surface area contributed by atoms with Crippen molar-refractivity contribution in [2.24, 2.45) is 0 Å². The van der Waals surface area contributed by atoms with Crippen LogP contribution in [-0.2, 0) is 0 Å². The number of pyridine rings is 1. The van der Waals surface area contributed by atoms with Gasteiger partial charge in [0.1, 0.15) is 18.0 Å². The van der Waals surface area contributed by atoms with E-state index in [-0.39, 0.29) is 0 Å². The van der Waals surface area contributed by atoms with E-state index < -0.39 is 0 Å². The molecule has 4 aromatic rings.